The number of hydrogen-bond donors (Lipinski definition) is 2. The average molecular weight is 583 g/mol. The van der Waals surface area contributed by atoms with Crippen LogP contribution in [0.3, 0.4) is 0 Å². The van der Waals surface area contributed by atoms with E-state index in [1.807, 2.05) is 12.1 Å². The van der Waals surface area contributed by atoms with Gasteiger partial charge in [0.05, 0.1) is 31.3 Å². The number of piperidine rings is 1. The molecule has 5 rings (SSSR count). The van der Waals surface area contributed by atoms with Crippen LogP contribution in [0, 0.1) is 17.6 Å². The van der Waals surface area contributed by atoms with E-state index in [2.05, 4.69) is 37.4 Å². The normalized spacial score (nSPS) is 14.2. The summed E-state index contributed by atoms with van der Waals surface area (Å²) in [6.45, 7) is 6.20. The van der Waals surface area contributed by atoms with Crippen LogP contribution in [0.1, 0.15) is 31.1 Å². The van der Waals surface area contributed by atoms with Crippen molar-refractivity contribution < 1.29 is 23.0 Å². The van der Waals surface area contributed by atoms with E-state index in [1.54, 1.807) is 13.3 Å². The molecule has 2 aromatic heterocycles. The number of aromatic nitrogens is 3. The van der Waals surface area contributed by atoms with Crippen LogP contribution in [-0.2, 0) is 11.2 Å². The second-order valence-electron chi connectivity index (χ2n) is 10.1. The number of anilines is 3. The van der Waals surface area contributed by atoms with E-state index in [-0.39, 0.29) is 12.1 Å². The number of carbonyl (C=O) groups excluding carboxylic acids is 1. The zero-order chi connectivity index (χ0) is 28.8. The summed E-state index contributed by atoms with van der Waals surface area (Å²) in [5.41, 5.74) is 0.468. The van der Waals surface area contributed by atoms with E-state index in [0.29, 0.717) is 39.4 Å². The first-order valence-corrected chi connectivity index (χ1v) is 14.3. The maximum Gasteiger partial charge on any atom is 0.229 e. The predicted octanol–water partition coefficient (Wildman–Crippen LogP) is 5.80. The zero-order valence-corrected chi connectivity index (χ0v) is 23.8. The molecule has 2 N–H and O–H groups in total. The third-order valence-corrected chi connectivity index (χ3v) is 7.93. The van der Waals surface area contributed by atoms with E-state index < -0.39 is 17.5 Å². The van der Waals surface area contributed by atoms with Crippen molar-refractivity contribution in [1.29, 1.82) is 0 Å². The molecule has 9 nitrogen and oxygen atoms in total. The number of methoxy groups -OCH3 is 1. The molecule has 0 saturated carbocycles. The van der Waals surface area contributed by atoms with Gasteiger partial charge in [-0.2, -0.15) is 0 Å². The lowest BCUT2D eigenvalue weighted by Gasteiger charge is -2.30. The highest BCUT2D eigenvalue weighted by molar-refractivity contribution is 7.15. The molecule has 4 aromatic rings. The Hall–Kier alpha value is -3.90. The van der Waals surface area contributed by atoms with Gasteiger partial charge in [0.2, 0.25) is 5.91 Å². The van der Waals surface area contributed by atoms with E-state index in [1.165, 1.54) is 42.6 Å². The minimum absolute atomic E-state index is 0.0504. The van der Waals surface area contributed by atoms with Crippen LogP contribution in [0.25, 0.3) is 10.9 Å². The summed E-state index contributed by atoms with van der Waals surface area (Å²) >= 11 is 1.25. The lowest BCUT2D eigenvalue weighted by atomic mass is 9.99. The van der Waals surface area contributed by atoms with Crippen molar-refractivity contribution in [2.45, 2.75) is 32.6 Å². The molecule has 0 spiro atoms. The SMILES string of the molecule is COc1cc2c(Nc3ncc(CC(=O)Nc4cccc(F)c4F)s3)ncnc2cc1OCCCN1CCC(C)CC1. The Balaban J connectivity index is 1.21. The predicted molar refractivity (Wildman–Crippen MR) is 155 cm³/mol. The largest absolute Gasteiger partial charge is 0.493 e. The van der Waals surface area contributed by atoms with E-state index in [0.717, 1.165) is 43.4 Å². The molecule has 1 aliphatic rings. The van der Waals surface area contributed by atoms with Gasteiger partial charge in [-0.3, -0.25) is 4.79 Å². The monoisotopic (exact) mass is 582 g/mol. The number of amides is 1. The van der Waals surface area contributed by atoms with Crippen molar-refractivity contribution in [3.63, 3.8) is 0 Å². The van der Waals surface area contributed by atoms with Crippen LogP contribution < -0.4 is 20.1 Å². The first-order valence-electron chi connectivity index (χ1n) is 13.5. The summed E-state index contributed by atoms with van der Waals surface area (Å²) in [4.78, 5) is 28.6. The molecule has 0 bridgehead atoms. The van der Waals surface area contributed by atoms with Crippen molar-refractivity contribution in [2.24, 2.45) is 5.92 Å². The minimum atomic E-state index is -1.10. The third kappa shape index (κ3) is 7.25. The van der Waals surface area contributed by atoms with Gasteiger partial charge in [-0.15, -0.1) is 11.3 Å². The molecule has 41 heavy (non-hydrogen) atoms. The minimum Gasteiger partial charge on any atom is -0.493 e. The van der Waals surface area contributed by atoms with Crippen molar-refractivity contribution in [3.8, 4) is 11.5 Å². The molecule has 0 atom stereocenters. The van der Waals surface area contributed by atoms with Crippen LogP contribution in [0.15, 0.2) is 42.9 Å². The van der Waals surface area contributed by atoms with Crippen molar-refractivity contribution in [3.05, 3.63) is 59.4 Å². The summed E-state index contributed by atoms with van der Waals surface area (Å²) < 4.78 is 39.0. The Morgan fingerprint density at radius 1 is 1.15 bits per heavy atom. The quantitative estimate of drug-likeness (QED) is 0.214. The number of halogens is 2. The Morgan fingerprint density at radius 3 is 2.78 bits per heavy atom. The maximum atomic E-state index is 13.9. The standard InChI is InChI=1S/C29H32F2N6O3S/c1-18-7-10-37(11-8-18)9-4-12-40-25-15-23-20(14-24(25)39-2)28(34-17-33-23)36-29-32-16-19(41-29)13-26(38)35-22-6-3-5-21(30)27(22)31/h3,5-6,14-18H,4,7-13H2,1-2H3,(H,35,38)(H,32,33,34,36). The topological polar surface area (TPSA) is 102 Å². The number of thiazole rings is 1. The van der Waals surface area contributed by atoms with E-state index in [9.17, 15) is 13.6 Å². The van der Waals surface area contributed by atoms with Crippen LogP contribution >= 0.6 is 11.3 Å². The number of hydrogen-bond acceptors (Lipinski definition) is 9. The lowest BCUT2D eigenvalue weighted by molar-refractivity contribution is -0.115. The Morgan fingerprint density at radius 2 is 1.98 bits per heavy atom. The van der Waals surface area contributed by atoms with Crippen molar-refractivity contribution >= 4 is 44.8 Å². The molecular formula is C29H32F2N6O3S. The van der Waals surface area contributed by atoms with Gasteiger partial charge in [0.25, 0.3) is 0 Å². The molecule has 216 valence electrons. The fourth-order valence-electron chi connectivity index (χ4n) is 4.69. The zero-order valence-electron chi connectivity index (χ0n) is 23.0. The number of likely N-dealkylation sites (tertiary alicyclic amines) is 1. The van der Waals surface area contributed by atoms with Gasteiger partial charge >= 0.3 is 0 Å². The number of fused-ring (bicyclic) bond motifs is 1. The summed E-state index contributed by atoms with van der Waals surface area (Å²) in [7, 11) is 1.59. The molecule has 12 heteroatoms. The number of rotatable bonds is 11. The fraction of sp³-hybridized carbons (Fsp3) is 0.379. The van der Waals surface area contributed by atoms with Crippen molar-refractivity contribution in [2.75, 3.05) is 44.0 Å². The Kier molecular flexibility index (Phi) is 9.20. The molecule has 2 aromatic carbocycles. The van der Waals surface area contributed by atoms with Crippen LogP contribution in [0.5, 0.6) is 11.5 Å². The third-order valence-electron chi connectivity index (χ3n) is 7.01. The first-order chi connectivity index (χ1) is 19.9. The smallest absolute Gasteiger partial charge is 0.229 e. The molecule has 1 saturated heterocycles. The highest BCUT2D eigenvalue weighted by atomic mass is 32.1. The van der Waals surface area contributed by atoms with Crippen LogP contribution in [0.4, 0.5) is 25.4 Å². The second-order valence-corrected chi connectivity index (χ2v) is 11.2. The molecule has 3 heterocycles. The van der Waals surface area contributed by atoms with Crippen LogP contribution in [-0.4, -0.2) is 59.1 Å². The van der Waals surface area contributed by atoms with Gasteiger partial charge in [0.1, 0.15) is 12.1 Å². The number of nitrogens with zero attached hydrogens (tertiary/aromatic N) is 4. The Labute approximate surface area is 240 Å². The molecule has 0 aliphatic carbocycles. The van der Waals surface area contributed by atoms with Gasteiger partial charge in [-0.05, 0) is 56.5 Å². The summed E-state index contributed by atoms with van der Waals surface area (Å²) in [5.74, 6) is -0.0831. The van der Waals surface area contributed by atoms with Gasteiger partial charge in [-0.1, -0.05) is 13.0 Å². The van der Waals surface area contributed by atoms with E-state index >= 15 is 0 Å². The van der Waals surface area contributed by atoms with Gasteiger partial charge < -0.3 is 25.0 Å². The highest BCUT2D eigenvalue weighted by Gasteiger charge is 2.17. The summed E-state index contributed by atoms with van der Waals surface area (Å²) in [6.07, 6.45) is 6.39. The summed E-state index contributed by atoms with van der Waals surface area (Å²) in [5, 5.41) is 6.80. The number of carbonyl (C=O) groups is 1. The second kappa shape index (κ2) is 13.2. The maximum absolute atomic E-state index is 13.9. The molecule has 1 amide bonds. The fourth-order valence-corrected chi connectivity index (χ4v) is 5.50. The van der Waals surface area contributed by atoms with Gasteiger partial charge in [0.15, 0.2) is 28.3 Å². The molecule has 0 radical (unpaired) electrons. The van der Waals surface area contributed by atoms with Crippen molar-refractivity contribution in [1.82, 2.24) is 19.9 Å². The number of ether oxygens (including phenoxy) is 2. The van der Waals surface area contributed by atoms with Gasteiger partial charge in [0, 0.05) is 29.1 Å². The average Bonchev–Trinajstić information content (AvgIpc) is 3.40. The Bertz CT molecular complexity index is 1510. The lowest BCUT2D eigenvalue weighted by Crippen LogP contribution is -2.34. The van der Waals surface area contributed by atoms with Crippen LogP contribution in [0.2, 0.25) is 0 Å². The highest BCUT2D eigenvalue weighted by Crippen LogP contribution is 2.35. The molecular weight excluding hydrogens is 550 g/mol. The van der Waals surface area contributed by atoms with E-state index in [4.69, 9.17) is 9.47 Å². The summed E-state index contributed by atoms with van der Waals surface area (Å²) in [6, 6.07) is 7.29. The first kappa shape index (κ1) is 28.6. The number of benzene rings is 2. The number of nitrogens with one attached hydrogen (secondary N) is 2. The molecule has 1 aliphatic heterocycles. The molecule has 0 unspecified atom stereocenters. The van der Waals surface area contributed by atoms with Gasteiger partial charge in [-0.25, -0.2) is 23.7 Å². The molecule has 1 fully saturated rings.